The molecule has 1 aliphatic heterocycles. The number of piperidine rings is 1. The second-order valence-electron chi connectivity index (χ2n) is 6.88. The number of methoxy groups -OCH3 is 1. The van der Waals surface area contributed by atoms with E-state index in [1.807, 2.05) is 0 Å². The van der Waals surface area contributed by atoms with Crippen molar-refractivity contribution in [3.8, 4) is 0 Å². The smallest absolute Gasteiger partial charge is 0.338 e. The van der Waals surface area contributed by atoms with Gasteiger partial charge in [-0.2, -0.15) is 4.31 Å². The van der Waals surface area contributed by atoms with Crippen LogP contribution in [-0.4, -0.2) is 44.9 Å². The van der Waals surface area contributed by atoms with E-state index in [0.29, 0.717) is 37.1 Å². The average Bonchev–Trinajstić information content (AvgIpc) is 2.77. The summed E-state index contributed by atoms with van der Waals surface area (Å²) in [5, 5.41) is 0. The average molecular weight is 435 g/mol. The molecular weight excluding hydrogens is 413 g/mol. The lowest BCUT2D eigenvalue weighted by atomic mass is 10.1. The fourth-order valence-electron chi connectivity index (χ4n) is 3.21. The number of carbonyl (C=O) groups is 2. The van der Waals surface area contributed by atoms with Crippen LogP contribution in [0, 0.1) is 5.82 Å². The summed E-state index contributed by atoms with van der Waals surface area (Å²) in [4.78, 5) is 23.5. The normalized spacial score (nSPS) is 14.9. The van der Waals surface area contributed by atoms with Gasteiger partial charge in [0, 0.05) is 13.1 Å². The highest BCUT2D eigenvalue weighted by atomic mass is 32.2. The maximum Gasteiger partial charge on any atom is 0.338 e. The van der Waals surface area contributed by atoms with E-state index in [9.17, 15) is 22.4 Å². The number of nitrogens with zero attached hydrogens (tertiary/aromatic N) is 1. The number of ether oxygens (including phenoxy) is 2. The monoisotopic (exact) mass is 435 g/mol. The molecule has 1 heterocycles. The van der Waals surface area contributed by atoms with Crippen LogP contribution < -0.4 is 0 Å². The SMILES string of the molecule is COC(=O)c1cccc(COC(=O)c2ccc(F)c(S(=O)(=O)N3CCCCC3)c2)c1. The van der Waals surface area contributed by atoms with Crippen LogP contribution in [0.2, 0.25) is 0 Å². The quantitative estimate of drug-likeness (QED) is 0.648. The van der Waals surface area contributed by atoms with Crippen molar-refractivity contribution in [3.05, 3.63) is 65.0 Å². The number of benzene rings is 2. The van der Waals surface area contributed by atoms with Gasteiger partial charge in [0.1, 0.15) is 17.3 Å². The minimum Gasteiger partial charge on any atom is -0.465 e. The molecular formula is C21H22FNO6S. The minimum atomic E-state index is -4.03. The zero-order valence-electron chi connectivity index (χ0n) is 16.5. The molecule has 0 bridgehead atoms. The third-order valence-corrected chi connectivity index (χ3v) is 6.73. The first-order valence-corrected chi connectivity index (χ1v) is 10.9. The fourth-order valence-corrected chi connectivity index (χ4v) is 4.82. The molecule has 0 atom stereocenters. The van der Waals surface area contributed by atoms with Crippen molar-refractivity contribution >= 4 is 22.0 Å². The summed E-state index contributed by atoms with van der Waals surface area (Å²) in [6.45, 7) is 0.509. The van der Waals surface area contributed by atoms with Gasteiger partial charge in [0.15, 0.2) is 0 Å². The van der Waals surface area contributed by atoms with Crippen molar-refractivity contribution in [1.82, 2.24) is 4.31 Å². The number of sulfonamides is 1. The first-order valence-electron chi connectivity index (χ1n) is 9.47. The molecule has 1 aliphatic rings. The molecule has 0 aliphatic carbocycles. The third-order valence-electron chi connectivity index (χ3n) is 4.82. The summed E-state index contributed by atoms with van der Waals surface area (Å²) in [6.07, 6.45) is 2.36. The summed E-state index contributed by atoms with van der Waals surface area (Å²) >= 11 is 0. The number of carbonyl (C=O) groups excluding carboxylic acids is 2. The molecule has 2 aromatic rings. The second kappa shape index (κ2) is 9.36. The molecule has 30 heavy (non-hydrogen) atoms. The first-order chi connectivity index (χ1) is 14.3. The van der Waals surface area contributed by atoms with Crippen LogP contribution in [0.3, 0.4) is 0 Å². The third kappa shape index (κ3) is 4.85. The van der Waals surface area contributed by atoms with Crippen LogP contribution in [0.15, 0.2) is 47.4 Å². The van der Waals surface area contributed by atoms with Crippen molar-refractivity contribution < 1.29 is 31.9 Å². The standard InChI is InChI=1S/C21H22FNO6S/c1-28-20(24)16-7-5-6-15(12-16)14-29-21(25)17-8-9-18(22)19(13-17)30(26,27)23-10-3-2-4-11-23/h5-9,12-13H,2-4,10-11,14H2,1H3. The Labute approximate surface area is 174 Å². The highest BCUT2D eigenvalue weighted by molar-refractivity contribution is 7.89. The molecule has 0 amide bonds. The molecule has 0 N–H and O–H groups in total. The summed E-state index contributed by atoms with van der Waals surface area (Å²) < 4.78 is 51.0. The molecule has 3 rings (SSSR count). The van der Waals surface area contributed by atoms with Crippen LogP contribution >= 0.6 is 0 Å². The maximum absolute atomic E-state index is 14.3. The highest BCUT2D eigenvalue weighted by Gasteiger charge is 2.29. The van der Waals surface area contributed by atoms with Gasteiger partial charge < -0.3 is 9.47 Å². The Balaban J connectivity index is 1.76. The summed E-state index contributed by atoms with van der Waals surface area (Å²) in [5.74, 6) is -2.23. The van der Waals surface area contributed by atoms with Crippen LogP contribution in [0.1, 0.15) is 45.5 Å². The maximum atomic E-state index is 14.3. The first kappa shape index (κ1) is 21.9. The Morgan fingerprint density at radius 3 is 2.40 bits per heavy atom. The van der Waals surface area contributed by atoms with E-state index in [2.05, 4.69) is 4.74 Å². The highest BCUT2D eigenvalue weighted by Crippen LogP contribution is 2.24. The van der Waals surface area contributed by atoms with E-state index >= 15 is 0 Å². The van der Waals surface area contributed by atoms with Crippen molar-refractivity contribution in [2.75, 3.05) is 20.2 Å². The van der Waals surface area contributed by atoms with E-state index in [1.54, 1.807) is 18.2 Å². The van der Waals surface area contributed by atoms with Gasteiger partial charge in [0.2, 0.25) is 10.0 Å². The molecule has 0 unspecified atom stereocenters. The van der Waals surface area contributed by atoms with Gasteiger partial charge in [-0.25, -0.2) is 22.4 Å². The van der Waals surface area contributed by atoms with Crippen LogP contribution in [0.25, 0.3) is 0 Å². The van der Waals surface area contributed by atoms with Crippen molar-refractivity contribution in [2.45, 2.75) is 30.8 Å². The lowest BCUT2D eigenvalue weighted by molar-refractivity contribution is 0.0472. The number of halogens is 1. The van der Waals surface area contributed by atoms with Gasteiger partial charge in [-0.1, -0.05) is 18.6 Å². The van der Waals surface area contributed by atoms with E-state index in [-0.39, 0.29) is 12.2 Å². The van der Waals surface area contributed by atoms with Gasteiger partial charge >= 0.3 is 11.9 Å². The number of esters is 2. The van der Waals surface area contributed by atoms with Crippen molar-refractivity contribution in [1.29, 1.82) is 0 Å². The molecule has 7 nitrogen and oxygen atoms in total. The molecule has 0 spiro atoms. The molecule has 2 aromatic carbocycles. The molecule has 1 saturated heterocycles. The molecule has 0 aromatic heterocycles. The van der Waals surface area contributed by atoms with Gasteiger partial charge in [-0.05, 0) is 48.7 Å². The Bertz CT molecular complexity index is 1050. The Hall–Kier alpha value is -2.78. The van der Waals surface area contributed by atoms with Gasteiger partial charge in [0.25, 0.3) is 0 Å². The molecule has 0 radical (unpaired) electrons. The van der Waals surface area contributed by atoms with Gasteiger partial charge in [-0.15, -0.1) is 0 Å². The summed E-state index contributed by atoms with van der Waals surface area (Å²) in [5.41, 5.74) is 0.786. The predicted molar refractivity (Wildman–Crippen MR) is 106 cm³/mol. The lowest BCUT2D eigenvalue weighted by Gasteiger charge is -2.26. The number of hydrogen-bond donors (Lipinski definition) is 0. The Morgan fingerprint density at radius 2 is 1.70 bits per heavy atom. The van der Waals surface area contributed by atoms with Crippen LogP contribution in [0.5, 0.6) is 0 Å². The largest absolute Gasteiger partial charge is 0.465 e. The minimum absolute atomic E-state index is 0.0730. The van der Waals surface area contributed by atoms with E-state index in [0.717, 1.165) is 18.6 Å². The fraction of sp³-hybridized carbons (Fsp3) is 0.333. The Kier molecular flexibility index (Phi) is 6.84. The van der Waals surface area contributed by atoms with Crippen LogP contribution in [0.4, 0.5) is 4.39 Å². The molecule has 160 valence electrons. The Morgan fingerprint density at radius 1 is 1.00 bits per heavy atom. The lowest BCUT2D eigenvalue weighted by Crippen LogP contribution is -2.36. The van der Waals surface area contributed by atoms with E-state index in [1.165, 1.54) is 23.5 Å². The molecule has 9 heteroatoms. The second-order valence-corrected chi connectivity index (χ2v) is 8.78. The summed E-state index contributed by atoms with van der Waals surface area (Å²) in [6, 6.07) is 9.51. The molecule has 1 fully saturated rings. The predicted octanol–water partition coefficient (Wildman–Crippen LogP) is 3.14. The van der Waals surface area contributed by atoms with Gasteiger partial charge in [-0.3, -0.25) is 0 Å². The topological polar surface area (TPSA) is 90.0 Å². The van der Waals surface area contributed by atoms with E-state index < -0.39 is 32.7 Å². The van der Waals surface area contributed by atoms with Gasteiger partial charge in [0.05, 0.1) is 18.2 Å². The zero-order valence-corrected chi connectivity index (χ0v) is 17.3. The summed E-state index contributed by atoms with van der Waals surface area (Å²) in [7, 11) is -2.77. The van der Waals surface area contributed by atoms with Crippen molar-refractivity contribution in [3.63, 3.8) is 0 Å². The zero-order chi connectivity index (χ0) is 21.7. The number of rotatable bonds is 6. The van der Waals surface area contributed by atoms with Crippen molar-refractivity contribution in [2.24, 2.45) is 0 Å². The van der Waals surface area contributed by atoms with E-state index in [4.69, 9.17) is 4.74 Å². The number of hydrogen-bond acceptors (Lipinski definition) is 6. The van der Waals surface area contributed by atoms with Crippen LogP contribution in [-0.2, 0) is 26.1 Å². The molecule has 0 saturated carbocycles.